The van der Waals surface area contributed by atoms with Crippen LogP contribution in [0.2, 0.25) is 0 Å². The first-order valence-electron chi connectivity index (χ1n) is 9.78. The van der Waals surface area contributed by atoms with Gasteiger partial charge in [0.15, 0.2) is 0 Å². The van der Waals surface area contributed by atoms with Crippen LogP contribution in [-0.4, -0.2) is 38.8 Å². The van der Waals surface area contributed by atoms with E-state index in [9.17, 15) is 4.79 Å². The van der Waals surface area contributed by atoms with Gasteiger partial charge in [-0.05, 0) is 41.8 Å². The second kappa shape index (κ2) is 11.6. The van der Waals surface area contributed by atoms with E-state index in [0.29, 0.717) is 6.54 Å². The quantitative estimate of drug-likeness (QED) is 0.431. The molecule has 0 fully saturated rings. The van der Waals surface area contributed by atoms with Gasteiger partial charge in [-0.25, -0.2) is 4.98 Å². The van der Waals surface area contributed by atoms with Crippen molar-refractivity contribution in [2.24, 2.45) is 0 Å². The van der Waals surface area contributed by atoms with E-state index in [1.165, 1.54) is 0 Å². The van der Waals surface area contributed by atoms with Crippen LogP contribution in [0.3, 0.4) is 0 Å². The van der Waals surface area contributed by atoms with Gasteiger partial charge in [0.2, 0.25) is 5.91 Å². The second-order valence-corrected chi connectivity index (χ2v) is 8.82. The number of thioether (sulfide) groups is 1. The van der Waals surface area contributed by atoms with Gasteiger partial charge >= 0.3 is 0 Å². The summed E-state index contributed by atoms with van der Waals surface area (Å²) in [6.45, 7) is 0.592. The number of carbonyl (C=O) groups excluding carboxylic acids is 1. The van der Waals surface area contributed by atoms with Gasteiger partial charge in [-0.15, -0.1) is 11.3 Å². The molecule has 164 valence electrons. The number of ether oxygens (including phenoxy) is 3. The standard InChI is InChI=1S/C23H26N2O4S2/c1-27-19-6-4-16(5-7-19)8-9-24-22(26)12-18-15-31-23(25-18)30-14-17-10-20(28-2)13-21(11-17)29-3/h4-7,10-11,13,15H,8-9,12,14H2,1-3H3,(H,24,26). The molecular weight excluding hydrogens is 432 g/mol. The predicted octanol–water partition coefficient (Wildman–Crippen LogP) is 4.36. The summed E-state index contributed by atoms with van der Waals surface area (Å²) in [6.07, 6.45) is 1.06. The monoisotopic (exact) mass is 458 g/mol. The topological polar surface area (TPSA) is 69.7 Å². The molecule has 0 radical (unpaired) electrons. The lowest BCUT2D eigenvalue weighted by atomic mass is 10.1. The molecule has 8 heteroatoms. The Balaban J connectivity index is 1.44. The SMILES string of the molecule is COc1ccc(CCNC(=O)Cc2csc(SCc3cc(OC)cc(OC)c3)n2)cc1. The molecule has 2 aromatic carbocycles. The van der Waals surface area contributed by atoms with E-state index in [2.05, 4.69) is 10.3 Å². The third-order valence-electron chi connectivity index (χ3n) is 4.54. The van der Waals surface area contributed by atoms with E-state index in [4.69, 9.17) is 14.2 Å². The molecule has 0 unspecified atom stereocenters. The molecule has 0 atom stereocenters. The lowest BCUT2D eigenvalue weighted by Gasteiger charge is -2.07. The fourth-order valence-electron chi connectivity index (χ4n) is 2.90. The Morgan fingerprint density at radius 3 is 2.29 bits per heavy atom. The number of amides is 1. The highest BCUT2D eigenvalue weighted by Gasteiger charge is 2.09. The van der Waals surface area contributed by atoms with Crippen molar-refractivity contribution < 1.29 is 19.0 Å². The zero-order chi connectivity index (χ0) is 22.1. The van der Waals surface area contributed by atoms with Gasteiger partial charge in [0.1, 0.15) is 21.6 Å². The number of thiazole rings is 1. The summed E-state index contributed by atoms with van der Waals surface area (Å²) in [6, 6.07) is 13.7. The molecular formula is C23H26N2O4S2. The lowest BCUT2D eigenvalue weighted by Crippen LogP contribution is -2.27. The van der Waals surface area contributed by atoms with Crippen LogP contribution >= 0.6 is 23.1 Å². The number of aromatic nitrogens is 1. The first-order valence-corrected chi connectivity index (χ1v) is 11.6. The molecule has 3 aromatic rings. The zero-order valence-electron chi connectivity index (χ0n) is 17.8. The van der Waals surface area contributed by atoms with Crippen LogP contribution in [0.4, 0.5) is 0 Å². The molecule has 1 heterocycles. The van der Waals surface area contributed by atoms with Crippen LogP contribution in [0.5, 0.6) is 17.2 Å². The van der Waals surface area contributed by atoms with E-state index >= 15 is 0 Å². The largest absolute Gasteiger partial charge is 0.497 e. The number of hydrogen-bond acceptors (Lipinski definition) is 7. The Labute approximate surface area is 191 Å². The van der Waals surface area contributed by atoms with E-state index in [1.54, 1.807) is 44.4 Å². The number of nitrogens with zero attached hydrogens (tertiary/aromatic N) is 1. The first-order chi connectivity index (χ1) is 15.1. The van der Waals surface area contributed by atoms with Gasteiger partial charge in [0.05, 0.1) is 33.4 Å². The molecule has 0 aliphatic heterocycles. The Morgan fingerprint density at radius 1 is 0.968 bits per heavy atom. The van der Waals surface area contributed by atoms with Gasteiger partial charge in [0, 0.05) is 23.7 Å². The van der Waals surface area contributed by atoms with Gasteiger partial charge in [-0.3, -0.25) is 4.79 Å². The molecule has 0 aliphatic carbocycles. The number of carbonyl (C=O) groups is 1. The molecule has 1 N–H and O–H groups in total. The van der Waals surface area contributed by atoms with Gasteiger partial charge in [-0.2, -0.15) is 0 Å². The fourth-order valence-corrected chi connectivity index (χ4v) is 4.67. The highest BCUT2D eigenvalue weighted by molar-refractivity contribution is 8.00. The van der Waals surface area contributed by atoms with Crippen molar-refractivity contribution in [3.8, 4) is 17.2 Å². The minimum atomic E-state index is -0.0205. The summed E-state index contributed by atoms with van der Waals surface area (Å²) in [4.78, 5) is 16.8. The average Bonchev–Trinajstić information content (AvgIpc) is 3.25. The highest BCUT2D eigenvalue weighted by Crippen LogP contribution is 2.30. The Hall–Kier alpha value is -2.71. The third-order valence-corrected chi connectivity index (χ3v) is 6.68. The summed E-state index contributed by atoms with van der Waals surface area (Å²) in [5.74, 6) is 3.08. The number of methoxy groups -OCH3 is 3. The van der Waals surface area contributed by atoms with E-state index in [0.717, 1.165) is 50.6 Å². The molecule has 1 aromatic heterocycles. The summed E-state index contributed by atoms with van der Waals surface area (Å²) < 4.78 is 16.7. The lowest BCUT2D eigenvalue weighted by molar-refractivity contribution is -0.120. The Morgan fingerprint density at radius 2 is 1.65 bits per heavy atom. The summed E-state index contributed by atoms with van der Waals surface area (Å²) in [5, 5.41) is 4.90. The number of rotatable bonds is 11. The minimum absolute atomic E-state index is 0.0205. The van der Waals surface area contributed by atoms with Gasteiger partial charge < -0.3 is 19.5 Å². The van der Waals surface area contributed by atoms with Gasteiger partial charge in [0.25, 0.3) is 0 Å². The van der Waals surface area contributed by atoms with Crippen LogP contribution in [0.15, 0.2) is 52.2 Å². The van der Waals surface area contributed by atoms with Crippen molar-refractivity contribution in [1.29, 1.82) is 0 Å². The number of nitrogens with one attached hydrogen (secondary N) is 1. The fraction of sp³-hybridized carbons (Fsp3) is 0.304. The van der Waals surface area contributed by atoms with Crippen molar-refractivity contribution in [2.75, 3.05) is 27.9 Å². The predicted molar refractivity (Wildman–Crippen MR) is 125 cm³/mol. The second-order valence-electron chi connectivity index (χ2n) is 6.74. The summed E-state index contributed by atoms with van der Waals surface area (Å²) >= 11 is 3.18. The van der Waals surface area contributed by atoms with Crippen molar-refractivity contribution >= 4 is 29.0 Å². The molecule has 1 amide bonds. The Kier molecular flexibility index (Phi) is 8.61. The van der Waals surface area contributed by atoms with Crippen molar-refractivity contribution in [3.05, 3.63) is 64.7 Å². The van der Waals surface area contributed by atoms with Crippen LogP contribution in [-0.2, 0) is 23.4 Å². The summed E-state index contributed by atoms with van der Waals surface area (Å²) in [5.41, 5.74) is 3.04. The minimum Gasteiger partial charge on any atom is -0.497 e. The van der Waals surface area contributed by atoms with Crippen molar-refractivity contribution in [3.63, 3.8) is 0 Å². The zero-order valence-corrected chi connectivity index (χ0v) is 19.5. The van der Waals surface area contributed by atoms with E-state index < -0.39 is 0 Å². The van der Waals surface area contributed by atoms with E-state index in [1.807, 2.05) is 47.8 Å². The molecule has 31 heavy (non-hydrogen) atoms. The van der Waals surface area contributed by atoms with E-state index in [-0.39, 0.29) is 12.3 Å². The Bertz CT molecular complexity index is 967. The van der Waals surface area contributed by atoms with Crippen LogP contribution < -0.4 is 19.5 Å². The maximum absolute atomic E-state index is 12.2. The molecule has 0 bridgehead atoms. The molecule has 6 nitrogen and oxygen atoms in total. The van der Waals surface area contributed by atoms with Crippen LogP contribution in [0, 0.1) is 0 Å². The third kappa shape index (κ3) is 7.18. The van der Waals surface area contributed by atoms with Crippen LogP contribution in [0.25, 0.3) is 0 Å². The average molecular weight is 459 g/mol. The molecule has 0 saturated carbocycles. The number of benzene rings is 2. The maximum Gasteiger partial charge on any atom is 0.226 e. The summed E-state index contributed by atoms with van der Waals surface area (Å²) in [7, 11) is 4.93. The smallest absolute Gasteiger partial charge is 0.226 e. The van der Waals surface area contributed by atoms with Gasteiger partial charge in [-0.1, -0.05) is 23.9 Å². The van der Waals surface area contributed by atoms with Crippen molar-refractivity contribution in [2.45, 2.75) is 22.9 Å². The molecule has 3 rings (SSSR count). The van der Waals surface area contributed by atoms with Crippen LogP contribution in [0.1, 0.15) is 16.8 Å². The normalized spacial score (nSPS) is 10.5. The first kappa shape index (κ1) is 23.0. The highest BCUT2D eigenvalue weighted by atomic mass is 32.2. The molecule has 0 aliphatic rings. The molecule has 0 saturated heterocycles. The maximum atomic E-state index is 12.2. The van der Waals surface area contributed by atoms with Crippen molar-refractivity contribution in [1.82, 2.24) is 10.3 Å². The molecule has 0 spiro atoms. The number of hydrogen-bond donors (Lipinski definition) is 1.